The summed E-state index contributed by atoms with van der Waals surface area (Å²) in [6, 6.07) is 5.44. The fourth-order valence-corrected chi connectivity index (χ4v) is 2.26. The van der Waals surface area contributed by atoms with Crippen molar-refractivity contribution in [1.29, 1.82) is 0 Å². The molecule has 2 N–H and O–H groups in total. The largest absolute Gasteiger partial charge is 0.480 e. The number of thioether (sulfide) groups is 1. The first-order chi connectivity index (χ1) is 8.54. The van der Waals surface area contributed by atoms with E-state index in [9.17, 15) is 14.9 Å². The molecule has 0 aromatic heterocycles. The quantitative estimate of drug-likeness (QED) is 0.445. The van der Waals surface area contributed by atoms with Crippen molar-refractivity contribution in [3.63, 3.8) is 0 Å². The smallest absolute Gasteiger partial charge is 0.321 e. The molecule has 0 aliphatic rings. The summed E-state index contributed by atoms with van der Waals surface area (Å²) >= 11 is 1.35. The first-order valence-corrected chi connectivity index (χ1v) is 6.36. The lowest BCUT2D eigenvalue weighted by Gasteiger charge is -2.12. The minimum Gasteiger partial charge on any atom is -0.480 e. The van der Waals surface area contributed by atoms with Crippen LogP contribution in [0.1, 0.15) is 6.92 Å². The molecule has 1 aromatic carbocycles. The number of carboxylic acid groups (broad SMARTS) is 1. The van der Waals surface area contributed by atoms with Gasteiger partial charge in [0.05, 0.1) is 4.92 Å². The zero-order valence-corrected chi connectivity index (χ0v) is 10.6. The summed E-state index contributed by atoms with van der Waals surface area (Å²) in [6.45, 7) is 2.42. The Labute approximate surface area is 109 Å². The Kier molecular flexibility index (Phi) is 5.60. The standard InChI is InChI=1S/C11H14N2O4S/c1-2-12-10(11(14)15)7-18-9-5-3-8(4-6-9)13(16)17/h3-6,10,12H,2,7H2,1H3,(H,14,15). The Hall–Kier alpha value is -1.60. The van der Waals surface area contributed by atoms with Crippen LogP contribution in [0, 0.1) is 10.1 Å². The van der Waals surface area contributed by atoms with E-state index in [1.54, 1.807) is 12.1 Å². The summed E-state index contributed by atoms with van der Waals surface area (Å²) in [7, 11) is 0. The molecule has 1 rings (SSSR count). The number of carbonyl (C=O) groups is 1. The molecule has 0 aliphatic heterocycles. The van der Waals surface area contributed by atoms with Crippen molar-refractivity contribution in [2.45, 2.75) is 17.9 Å². The van der Waals surface area contributed by atoms with Gasteiger partial charge in [0, 0.05) is 22.8 Å². The summed E-state index contributed by atoms with van der Waals surface area (Å²) in [5.41, 5.74) is 0.0285. The number of nitro groups is 1. The Morgan fingerprint density at radius 2 is 2.11 bits per heavy atom. The molecule has 1 unspecified atom stereocenters. The van der Waals surface area contributed by atoms with E-state index in [2.05, 4.69) is 5.32 Å². The van der Waals surface area contributed by atoms with Crippen molar-refractivity contribution in [3.05, 3.63) is 34.4 Å². The Morgan fingerprint density at radius 3 is 2.56 bits per heavy atom. The fourth-order valence-electron chi connectivity index (χ4n) is 1.31. The zero-order valence-electron chi connectivity index (χ0n) is 9.83. The minimum absolute atomic E-state index is 0.0285. The second-order valence-corrected chi connectivity index (χ2v) is 4.60. The van der Waals surface area contributed by atoms with Crippen LogP contribution in [-0.4, -0.2) is 34.3 Å². The third-order valence-corrected chi connectivity index (χ3v) is 3.32. The van der Waals surface area contributed by atoms with E-state index in [-0.39, 0.29) is 5.69 Å². The average Bonchev–Trinajstić information content (AvgIpc) is 2.34. The predicted molar refractivity (Wildman–Crippen MR) is 68.9 cm³/mol. The van der Waals surface area contributed by atoms with Crippen molar-refractivity contribution < 1.29 is 14.8 Å². The van der Waals surface area contributed by atoms with Crippen LogP contribution in [0.2, 0.25) is 0 Å². The van der Waals surface area contributed by atoms with Gasteiger partial charge in [-0.25, -0.2) is 0 Å². The first kappa shape index (κ1) is 14.5. The maximum Gasteiger partial charge on any atom is 0.321 e. The predicted octanol–water partition coefficient (Wildman–Crippen LogP) is 1.75. The second-order valence-electron chi connectivity index (χ2n) is 3.51. The molecule has 0 aliphatic carbocycles. The van der Waals surface area contributed by atoms with Crippen LogP contribution in [0.5, 0.6) is 0 Å². The number of hydrogen-bond acceptors (Lipinski definition) is 5. The van der Waals surface area contributed by atoms with E-state index in [1.165, 1.54) is 23.9 Å². The van der Waals surface area contributed by atoms with E-state index in [0.717, 1.165) is 4.90 Å². The third kappa shape index (κ3) is 4.34. The number of nitro benzene ring substituents is 1. The monoisotopic (exact) mass is 270 g/mol. The third-order valence-electron chi connectivity index (χ3n) is 2.21. The summed E-state index contributed by atoms with van der Waals surface area (Å²) in [5, 5.41) is 22.3. The van der Waals surface area contributed by atoms with Crippen LogP contribution in [0.4, 0.5) is 5.69 Å². The van der Waals surface area contributed by atoms with Gasteiger partial charge in [0.15, 0.2) is 0 Å². The van der Waals surface area contributed by atoms with E-state index >= 15 is 0 Å². The lowest BCUT2D eigenvalue weighted by Crippen LogP contribution is -2.38. The van der Waals surface area contributed by atoms with Gasteiger partial charge in [0.2, 0.25) is 0 Å². The maximum atomic E-state index is 10.9. The molecule has 0 heterocycles. The molecule has 0 spiro atoms. The number of nitrogens with zero attached hydrogens (tertiary/aromatic N) is 1. The Morgan fingerprint density at radius 1 is 1.50 bits per heavy atom. The topological polar surface area (TPSA) is 92.5 Å². The molecule has 0 saturated carbocycles. The molecule has 1 aromatic rings. The molecule has 18 heavy (non-hydrogen) atoms. The fraction of sp³-hybridized carbons (Fsp3) is 0.364. The highest BCUT2D eigenvalue weighted by Crippen LogP contribution is 2.21. The molecule has 0 amide bonds. The van der Waals surface area contributed by atoms with Gasteiger partial charge in [-0.3, -0.25) is 14.9 Å². The lowest BCUT2D eigenvalue weighted by molar-refractivity contribution is -0.384. The SMILES string of the molecule is CCNC(CSc1ccc([N+](=O)[O-])cc1)C(=O)O. The number of rotatable bonds is 7. The van der Waals surface area contributed by atoms with Crippen LogP contribution in [-0.2, 0) is 4.79 Å². The van der Waals surface area contributed by atoms with Crippen LogP contribution < -0.4 is 5.32 Å². The van der Waals surface area contributed by atoms with E-state index in [1.807, 2.05) is 6.92 Å². The summed E-state index contributed by atoms with van der Waals surface area (Å²) in [4.78, 5) is 21.7. The van der Waals surface area contributed by atoms with E-state index in [4.69, 9.17) is 5.11 Å². The molecule has 0 fully saturated rings. The second kappa shape index (κ2) is 6.97. The number of non-ortho nitro benzene ring substituents is 1. The van der Waals surface area contributed by atoms with Gasteiger partial charge in [0.25, 0.3) is 5.69 Å². The van der Waals surface area contributed by atoms with Crippen LogP contribution in [0.25, 0.3) is 0 Å². The van der Waals surface area contributed by atoms with Crippen molar-refractivity contribution in [2.24, 2.45) is 0 Å². The number of hydrogen-bond donors (Lipinski definition) is 2. The molecule has 6 nitrogen and oxygen atoms in total. The van der Waals surface area contributed by atoms with Crippen LogP contribution >= 0.6 is 11.8 Å². The number of aliphatic carboxylic acids is 1. The highest BCUT2D eigenvalue weighted by atomic mass is 32.2. The molecular formula is C11H14N2O4S. The van der Waals surface area contributed by atoms with E-state index < -0.39 is 16.9 Å². The molecule has 0 bridgehead atoms. The number of benzene rings is 1. The van der Waals surface area contributed by atoms with Gasteiger partial charge >= 0.3 is 5.97 Å². The van der Waals surface area contributed by atoms with Crippen molar-refractivity contribution >= 4 is 23.4 Å². The normalized spacial score (nSPS) is 12.1. The molecular weight excluding hydrogens is 256 g/mol. The average molecular weight is 270 g/mol. The Bertz CT molecular complexity index is 422. The van der Waals surface area contributed by atoms with Gasteiger partial charge < -0.3 is 10.4 Å². The van der Waals surface area contributed by atoms with Crippen molar-refractivity contribution in [2.75, 3.05) is 12.3 Å². The van der Waals surface area contributed by atoms with Gasteiger partial charge in [-0.2, -0.15) is 0 Å². The molecule has 0 radical (unpaired) electrons. The van der Waals surface area contributed by atoms with Crippen LogP contribution in [0.15, 0.2) is 29.2 Å². The highest BCUT2D eigenvalue weighted by molar-refractivity contribution is 7.99. The number of likely N-dealkylation sites (N-methyl/N-ethyl adjacent to an activating group) is 1. The minimum atomic E-state index is -0.897. The molecule has 98 valence electrons. The summed E-state index contributed by atoms with van der Waals surface area (Å²) in [5.74, 6) is -0.521. The number of carboxylic acids is 1. The van der Waals surface area contributed by atoms with Gasteiger partial charge in [0.1, 0.15) is 6.04 Å². The highest BCUT2D eigenvalue weighted by Gasteiger charge is 2.16. The molecule has 7 heteroatoms. The van der Waals surface area contributed by atoms with Gasteiger partial charge in [-0.1, -0.05) is 6.92 Å². The first-order valence-electron chi connectivity index (χ1n) is 5.38. The van der Waals surface area contributed by atoms with Gasteiger partial charge in [-0.15, -0.1) is 11.8 Å². The van der Waals surface area contributed by atoms with Crippen LogP contribution in [0.3, 0.4) is 0 Å². The molecule has 1 atom stereocenters. The van der Waals surface area contributed by atoms with Gasteiger partial charge in [-0.05, 0) is 18.7 Å². The van der Waals surface area contributed by atoms with Crippen molar-refractivity contribution in [3.8, 4) is 0 Å². The van der Waals surface area contributed by atoms with Crippen molar-refractivity contribution in [1.82, 2.24) is 5.32 Å². The summed E-state index contributed by atoms with van der Waals surface area (Å²) < 4.78 is 0. The van der Waals surface area contributed by atoms with E-state index in [0.29, 0.717) is 12.3 Å². The summed E-state index contributed by atoms with van der Waals surface area (Å²) in [6.07, 6.45) is 0. The maximum absolute atomic E-state index is 10.9. The zero-order chi connectivity index (χ0) is 13.5. The molecule has 0 saturated heterocycles. The lowest BCUT2D eigenvalue weighted by atomic mass is 10.3. The Balaban J connectivity index is 2.56. The number of nitrogens with one attached hydrogen (secondary N) is 1.